The van der Waals surface area contributed by atoms with Gasteiger partial charge in [-0.2, -0.15) is 0 Å². The van der Waals surface area contributed by atoms with E-state index < -0.39 is 12.1 Å². The molecule has 1 unspecified atom stereocenters. The maximum atomic E-state index is 13.5. The number of ether oxygens (including phenoxy) is 4. The molecule has 5 rings (SSSR count). The maximum absolute atomic E-state index is 13.5. The fourth-order valence-corrected chi connectivity index (χ4v) is 5.16. The fourth-order valence-electron chi connectivity index (χ4n) is 5.16. The largest absolute Gasteiger partial charge is 0.493 e. The summed E-state index contributed by atoms with van der Waals surface area (Å²) in [7, 11) is 4.74. The highest BCUT2D eigenvalue weighted by molar-refractivity contribution is 6.08. The lowest BCUT2D eigenvalue weighted by molar-refractivity contribution is -0.129. The van der Waals surface area contributed by atoms with E-state index in [4.69, 9.17) is 23.9 Å². The van der Waals surface area contributed by atoms with Crippen LogP contribution in [0.2, 0.25) is 0 Å². The molecule has 0 amide bonds. The van der Waals surface area contributed by atoms with E-state index in [0.717, 1.165) is 52.6 Å². The van der Waals surface area contributed by atoms with Crippen molar-refractivity contribution in [3.05, 3.63) is 58.8 Å². The summed E-state index contributed by atoms with van der Waals surface area (Å²) in [5.74, 6) is 1.22. The van der Waals surface area contributed by atoms with Gasteiger partial charge in [-0.3, -0.25) is 4.79 Å². The Kier molecular flexibility index (Phi) is 6.63. The van der Waals surface area contributed by atoms with Gasteiger partial charge in [-0.1, -0.05) is 18.2 Å². The second kappa shape index (κ2) is 10.0. The predicted molar refractivity (Wildman–Crippen MR) is 137 cm³/mol. The quantitative estimate of drug-likeness (QED) is 0.430. The highest BCUT2D eigenvalue weighted by Crippen LogP contribution is 2.42. The van der Waals surface area contributed by atoms with Gasteiger partial charge in [0.1, 0.15) is 0 Å². The highest BCUT2D eigenvalue weighted by Gasteiger charge is 2.31. The summed E-state index contributed by atoms with van der Waals surface area (Å²) in [6.45, 7) is 0. The zero-order chi connectivity index (χ0) is 25.2. The number of carbonyl (C=O) groups is 2. The smallest absolute Gasteiger partial charge is 0.339 e. The van der Waals surface area contributed by atoms with Crippen LogP contribution in [-0.2, 0) is 16.0 Å². The number of carbonyl (C=O) groups excluding carboxylic acids is 2. The van der Waals surface area contributed by atoms with Gasteiger partial charge in [0.25, 0.3) is 0 Å². The molecule has 7 nitrogen and oxygen atoms in total. The van der Waals surface area contributed by atoms with Crippen LogP contribution in [0.15, 0.2) is 36.4 Å². The average molecular weight is 488 g/mol. The van der Waals surface area contributed by atoms with Crippen LogP contribution in [-0.4, -0.2) is 44.2 Å². The molecule has 1 heterocycles. The van der Waals surface area contributed by atoms with Crippen LogP contribution in [0.4, 0.5) is 0 Å². The molecule has 0 N–H and O–H groups in total. The van der Waals surface area contributed by atoms with Crippen molar-refractivity contribution in [2.24, 2.45) is 0 Å². The number of benzene rings is 2. The number of aromatic nitrogens is 1. The molecule has 1 fully saturated rings. The van der Waals surface area contributed by atoms with Crippen LogP contribution >= 0.6 is 0 Å². The van der Waals surface area contributed by atoms with E-state index in [-0.39, 0.29) is 5.78 Å². The molecule has 1 saturated carbocycles. The minimum absolute atomic E-state index is 0.00703. The second-order valence-corrected chi connectivity index (χ2v) is 9.07. The molecule has 2 aromatic carbocycles. The van der Waals surface area contributed by atoms with Gasteiger partial charge in [0, 0.05) is 11.8 Å². The number of esters is 1. The lowest BCUT2D eigenvalue weighted by atomic mass is 9.96. The number of hydrogen-bond donors (Lipinski definition) is 0. The molecule has 36 heavy (non-hydrogen) atoms. The molecule has 186 valence electrons. The maximum Gasteiger partial charge on any atom is 0.339 e. The summed E-state index contributed by atoms with van der Waals surface area (Å²) in [5.41, 5.74) is 4.76. The predicted octanol–water partition coefficient (Wildman–Crippen LogP) is 5.42. The van der Waals surface area contributed by atoms with Crippen LogP contribution in [0.1, 0.15) is 59.3 Å². The number of rotatable bonds is 6. The lowest BCUT2D eigenvalue weighted by Crippen LogP contribution is -2.30. The highest BCUT2D eigenvalue weighted by atomic mass is 16.5. The Morgan fingerprint density at radius 3 is 2.42 bits per heavy atom. The van der Waals surface area contributed by atoms with Crippen LogP contribution in [0.5, 0.6) is 17.2 Å². The van der Waals surface area contributed by atoms with E-state index in [0.29, 0.717) is 42.1 Å². The first-order valence-corrected chi connectivity index (χ1v) is 12.2. The number of fused-ring (bicyclic) bond motifs is 2. The number of pyridine rings is 1. The van der Waals surface area contributed by atoms with Crippen molar-refractivity contribution in [3.63, 3.8) is 0 Å². The summed E-state index contributed by atoms with van der Waals surface area (Å²) in [6, 6.07) is 11.4. The number of ketones is 1. The molecule has 7 heteroatoms. The third kappa shape index (κ3) is 4.30. The van der Waals surface area contributed by atoms with Crippen molar-refractivity contribution in [3.8, 4) is 17.2 Å². The molecule has 1 atom stereocenters. The molecule has 0 bridgehead atoms. The Balaban J connectivity index is 1.59. The Morgan fingerprint density at radius 1 is 0.972 bits per heavy atom. The third-order valence-corrected chi connectivity index (χ3v) is 6.92. The van der Waals surface area contributed by atoms with Crippen LogP contribution in [0.3, 0.4) is 0 Å². The summed E-state index contributed by atoms with van der Waals surface area (Å²) in [6.07, 6.45) is 5.56. The van der Waals surface area contributed by atoms with Crippen molar-refractivity contribution >= 4 is 34.3 Å². The zero-order valence-corrected chi connectivity index (χ0v) is 20.8. The summed E-state index contributed by atoms with van der Waals surface area (Å²) >= 11 is 0. The Labute approximate surface area is 210 Å². The van der Waals surface area contributed by atoms with Crippen molar-refractivity contribution in [2.75, 3.05) is 21.3 Å². The number of nitrogens with zero attached hydrogens (tertiary/aromatic N) is 1. The molecule has 2 aliphatic carbocycles. The van der Waals surface area contributed by atoms with E-state index in [1.165, 1.54) is 0 Å². The van der Waals surface area contributed by atoms with E-state index in [1.54, 1.807) is 21.3 Å². The standard InChI is InChI=1S/C29H29NO6/c1-33-24-15-17(16-25(34-2)28(24)35-3)14-18-12-13-20-26(19-8-4-5-9-21(19)30-27(18)20)29(32)36-23-11-7-6-10-22(23)31/h4-5,8-9,14-16,23H,6-7,10-13H2,1-3H3/b18-14+. The first-order valence-electron chi connectivity index (χ1n) is 12.2. The molecule has 1 aromatic heterocycles. The summed E-state index contributed by atoms with van der Waals surface area (Å²) < 4.78 is 22.2. The van der Waals surface area contributed by atoms with Gasteiger partial charge in [0.05, 0.1) is 38.1 Å². The molecule has 3 aromatic rings. The van der Waals surface area contributed by atoms with Crippen LogP contribution < -0.4 is 14.2 Å². The van der Waals surface area contributed by atoms with Crippen LogP contribution in [0, 0.1) is 0 Å². The summed E-state index contributed by atoms with van der Waals surface area (Å²) in [4.78, 5) is 30.7. The van der Waals surface area contributed by atoms with E-state index in [9.17, 15) is 9.59 Å². The minimum atomic E-state index is -0.663. The van der Waals surface area contributed by atoms with Gasteiger partial charge in [-0.25, -0.2) is 9.78 Å². The van der Waals surface area contributed by atoms with Crippen molar-refractivity contribution in [1.29, 1.82) is 0 Å². The topological polar surface area (TPSA) is 84.0 Å². The van der Waals surface area contributed by atoms with Crippen molar-refractivity contribution in [2.45, 2.75) is 44.6 Å². The fraction of sp³-hybridized carbons (Fsp3) is 0.345. The summed E-state index contributed by atoms with van der Waals surface area (Å²) in [5, 5.41) is 0.749. The van der Waals surface area contributed by atoms with Gasteiger partial charge >= 0.3 is 5.97 Å². The Bertz CT molecular complexity index is 1350. The molecule has 0 spiro atoms. The number of para-hydroxylation sites is 1. The molecular weight excluding hydrogens is 458 g/mol. The Morgan fingerprint density at radius 2 is 1.72 bits per heavy atom. The van der Waals surface area contributed by atoms with Gasteiger partial charge in [0.15, 0.2) is 23.4 Å². The third-order valence-electron chi connectivity index (χ3n) is 6.92. The first-order chi connectivity index (χ1) is 17.5. The number of allylic oxidation sites excluding steroid dienone is 1. The van der Waals surface area contributed by atoms with Gasteiger partial charge in [0.2, 0.25) is 5.75 Å². The van der Waals surface area contributed by atoms with Gasteiger partial charge < -0.3 is 18.9 Å². The lowest BCUT2D eigenvalue weighted by Gasteiger charge is -2.21. The van der Waals surface area contributed by atoms with Crippen molar-refractivity contribution in [1.82, 2.24) is 4.98 Å². The van der Waals surface area contributed by atoms with E-state index in [2.05, 4.69) is 0 Å². The average Bonchev–Trinajstić information content (AvgIpc) is 3.29. The number of hydrogen-bond acceptors (Lipinski definition) is 7. The van der Waals surface area contributed by atoms with E-state index >= 15 is 0 Å². The SMILES string of the molecule is COc1cc(/C=C2\CCc3c2nc2ccccc2c3C(=O)OC2CCCCC2=O)cc(OC)c1OC. The van der Waals surface area contributed by atoms with Crippen LogP contribution in [0.25, 0.3) is 22.6 Å². The monoisotopic (exact) mass is 487 g/mol. The Hall–Kier alpha value is -3.87. The van der Waals surface area contributed by atoms with E-state index in [1.807, 2.05) is 42.5 Å². The second-order valence-electron chi connectivity index (χ2n) is 9.07. The van der Waals surface area contributed by atoms with Gasteiger partial charge in [-0.15, -0.1) is 0 Å². The normalized spacial score (nSPS) is 18.2. The van der Waals surface area contributed by atoms with Crippen molar-refractivity contribution < 1.29 is 28.5 Å². The molecule has 0 radical (unpaired) electrons. The molecule has 2 aliphatic rings. The molecule has 0 aliphatic heterocycles. The molecular formula is C29H29NO6. The number of methoxy groups -OCH3 is 3. The first kappa shape index (κ1) is 23.9. The zero-order valence-electron chi connectivity index (χ0n) is 20.8. The minimum Gasteiger partial charge on any atom is -0.493 e. The van der Waals surface area contributed by atoms with Gasteiger partial charge in [-0.05, 0) is 73.1 Å². The number of Topliss-reactive ketones (excluding diaryl/α,β-unsaturated/α-hetero) is 1. The molecule has 0 saturated heterocycles.